The second kappa shape index (κ2) is 5.35. The minimum absolute atomic E-state index is 0.0161. The smallest absolute Gasteiger partial charge is 0.248 e. The van der Waals surface area contributed by atoms with E-state index in [1.165, 1.54) is 5.56 Å². The molecule has 0 radical (unpaired) electrons. The summed E-state index contributed by atoms with van der Waals surface area (Å²) in [6.07, 6.45) is 1.36. The highest BCUT2D eigenvalue weighted by Gasteiger charge is 2.40. The minimum atomic E-state index is -2.46. The number of nitrogens with two attached hydrogens (primary N) is 1. The van der Waals surface area contributed by atoms with E-state index in [4.69, 9.17) is 5.73 Å². The zero-order valence-electron chi connectivity index (χ0n) is 10.8. The topological polar surface area (TPSA) is 26.0 Å². The molecule has 0 aromatic heterocycles. The van der Waals surface area contributed by atoms with E-state index in [0.717, 1.165) is 0 Å². The van der Waals surface area contributed by atoms with E-state index in [9.17, 15) is 8.78 Å². The molecular formula is C15H21F2N. The normalized spacial score (nSPS) is 25.9. The summed E-state index contributed by atoms with van der Waals surface area (Å²) in [5.41, 5.74) is 7.36. The molecule has 3 unspecified atom stereocenters. The van der Waals surface area contributed by atoms with Gasteiger partial charge in [-0.25, -0.2) is 8.78 Å². The van der Waals surface area contributed by atoms with Crippen molar-refractivity contribution in [2.24, 2.45) is 11.7 Å². The van der Waals surface area contributed by atoms with Crippen LogP contribution in [0.1, 0.15) is 44.1 Å². The first-order chi connectivity index (χ1) is 8.48. The van der Waals surface area contributed by atoms with Gasteiger partial charge < -0.3 is 5.73 Å². The van der Waals surface area contributed by atoms with Crippen molar-refractivity contribution in [2.75, 3.05) is 0 Å². The zero-order valence-corrected chi connectivity index (χ0v) is 10.8. The highest BCUT2D eigenvalue weighted by molar-refractivity contribution is 5.20. The highest BCUT2D eigenvalue weighted by atomic mass is 19.3. The summed E-state index contributed by atoms with van der Waals surface area (Å²) in [6.45, 7) is 2.08. The summed E-state index contributed by atoms with van der Waals surface area (Å²) in [5.74, 6) is -2.15. The Balaban J connectivity index is 1.90. The maximum atomic E-state index is 13.1. The molecule has 0 aliphatic heterocycles. The van der Waals surface area contributed by atoms with Gasteiger partial charge in [-0.3, -0.25) is 0 Å². The maximum absolute atomic E-state index is 13.1. The van der Waals surface area contributed by atoms with E-state index < -0.39 is 5.92 Å². The lowest BCUT2D eigenvalue weighted by atomic mass is 9.87. The summed E-state index contributed by atoms with van der Waals surface area (Å²) < 4.78 is 26.3. The number of hydrogen-bond donors (Lipinski definition) is 1. The van der Waals surface area contributed by atoms with Crippen LogP contribution in [0.4, 0.5) is 8.78 Å². The second-order valence-corrected chi connectivity index (χ2v) is 5.56. The van der Waals surface area contributed by atoms with E-state index in [-0.39, 0.29) is 30.7 Å². The molecule has 0 saturated heterocycles. The summed E-state index contributed by atoms with van der Waals surface area (Å²) >= 11 is 0. The Bertz CT molecular complexity index is 377. The van der Waals surface area contributed by atoms with Crippen LogP contribution in [0.25, 0.3) is 0 Å². The third-order valence-electron chi connectivity index (χ3n) is 4.08. The Hall–Kier alpha value is -0.960. The standard InChI is InChI=1S/C15H21F2N/c1-11(13-5-3-2-4-6-13)14(18)9-12-7-8-15(16,17)10-12/h2-6,11-12,14H,7-10,18H2,1H3. The molecule has 1 aromatic carbocycles. The van der Waals surface area contributed by atoms with Gasteiger partial charge in [0.05, 0.1) is 0 Å². The van der Waals surface area contributed by atoms with E-state index in [2.05, 4.69) is 6.92 Å². The average Bonchev–Trinajstić information content (AvgIpc) is 2.68. The Kier molecular flexibility index (Phi) is 4.00. The van der Waals surface area contributed by atoms with Gasteiger partial charge in [-0.2, -0.15) is 0 Å². The van der Waals surface area contributed by atoms with Gasteiger partial charge in [-0.1, -0.05) is 37.3 Å². The zero-order chi connectivity index (χ0) is 13.2. The molecule has 0 heterocycles. The highest BCUT2D eigenvalue weighted by Crippen LogP contribution is 2.41. The fourth-order valence-corrected chi connectivity index (χ4v) is 2.84. The number of benzene rings is 1. The molecule has 3 atom stereocenters. The molecule has 0 bridgehead atoms. The molecule has 1 fully saturated rings. The van der Waals surface area contributed by atoms with Gasteiger partial charge in [0.25, 0.3) is 0 Å². The predicted octanol–water partition coefficient (Wildman–Crippen LogP) is 3.94. The Morgan fingerprint density at radius 3 is 2.56 bits per heavy atom. The van der Waals surface area contributed by atoms with Gasteiger partial charge in [0, 0.05) is 18.9 Å². The van der Waals surface area contributed by atoms with Crippen LogP contribution in [0.15, 0.2) is 30.3 Å². The monoisotopic (exact) mass is 253 g/mol. The van der Waals surface area contributed by atoms with Crippen molar-refractivity contribution in [3.63, 3.8) is 0 Å². The van der Waals surface area contributed by atoms with Crippen LogP contribution in [0, 0.1) is 5.92 Å². The molecule has 0 amide bonds. The lowest BCUT2D eigenvalue weighted by Gasteiger charge is -2.23. The van der Waals surface area contributed by atoms with Crippen molar-refractivity contribution in [3.8, 4) is 0 Å². The fourth-order valence-electron chi connectivity index (χ4n) is 2.84. The van der Waals surface area contributed by atoms with Crippen LogP contribution >= 0.6 is 0 Å². The van der Waals surface area contributed by atoms with Crippen LogP contribution in [0.2, 0.25) is 0 Å². The van der Waals surface area contributed by atoms with Gasteiger partial charge in [0.2, 0.25) is 5.92 Å². The van der Waals surface area contributed by atoms with Gasteiger partial charge in [0.1, 0.15) is 0 Å². The molecule has 0 spiro atoms. The lowest BCUT2D eigenvalue weighted by Crippen LogP contribution is -2.29. The Morgan fingerprint density at radius 2 is 2.00 bits per heavy atom. The third kappa shape index (κ3) is 3.29. The summed E-state index contributed by atoms with van der Waals surface area (Å²) in [7, 11) is 0. The SMILES string of the molecule is CC(c1ccccc1)C(N)CC1CCC(F)(F)C1. The van der Waals surface area contributed by atoms with Crippen LogP contribution in [0.5, 0.6) is 0 Å². The first kappa shape index (κ1) is 13.5. The molecule has 2 rings (SSSR count). The quantitative estimate of drug-likeness (QED) is 0.864. The number of rotatable bonds is 4. The van der Waals surface area contributed by atoms with Crippen molar-refractivity contribution >= 4 is 0 Å². The van der Waals surface area contributed by atoms with Gasteiger partial charge in [0.15, 0.2) is 0 Å². The van der Waals surface area contributed by atoms with Crippen LogP contribution in [0.3, 0.4) is 0 Å². The van der Waals surface area contributed by atoms with E-state index in [1.807, 2.05) is 30.3 Å². The molecule has 100 valence electrons. The molecule has 1 nitrogen and oxygen atoms in total. The minimum Gasteiger partial charge on any atom is -0.327 e. The largest absolute Gasteiger partial charge is 0.327 e. The average molecular weight is 253 g/mol. The Morgan fingerprint density at radius 1 is 1.33 bits per heavy atom. The van der Waals surface area contributed by atoms with E-state index in [1.54, 1.807) is 0 Å². The third-order valence-corrected chi connectivity index (χ3v) is 4.08. The van der Waals surface area contributed by atoms with Gasteiger partial charge in [-0.15, -0.1) is 0 Å². The molecule has 1 aromatic rings. The van der Waals surface area contributed by atoms with Crippen molar-refractivity contribution in [2.45, 2.75) is 50.5 Å². The van der Waals surface area contributed by atoms with Gasteiger partial charge >= 0.3 is 0 Å². The molecule has 1 aliphatic carbocycles. The lowest BCUT2D eigenvalue weighted by molar-refractivity contribution is 0.00439. The van der Waals surface area contributed by atoms with Crippen molar-refractivity contribution < 1.29 is 8.78 Å². The second-order valence-electron chi connectivity index (χ2n) is 5.56. The van der Waals surface area contributed by atoms with Crippen LogP contribution in [-0.4, -0.2) is 12.0 Å². The Labute approximate surface area is 107 Å². The van der Waals surface area contributed by atoms with Gasteiger partial charge in [-0.05, 0) is 30.2 Å². The number of alkyl halides is 2. The fraction of sp³-hybridized carbons (Fsp3) is 0.600. The van der Waals surface area contributed by atoms with Crippen molar-refractivity contribution in [1.82, 2.24) is 0 Å². The first-order valence-electron chi connectivity index (χ1n) is 6.66. The summed E-state index contributed by atoms with van der Waals surface area (Å²) in [5, 5.41) is 0. The predicted molar refractivity (Wildman–Crippen MR) is 69.7 cm³/mol. The maximum Gasteiger partial charge on any atom is 0.248 e. The molecular weight excluding hydrogens is 232 g/mol. The molecule has 1 aliphatic rings. The first-order valence-corrected chi connectivity index (χ1v) is 6.66. The molecule has 1 saturated carbocycles. The molecule has 3 heteroatoms. The summed E-state index contributed by atoms with van der Waals surface area (Å²) in [4.78, 5) is 0. The van der Waals surface area contributed by atoms with E-state index in [0.29, 0.717) is 12.8 Å². The van der Waals surface area contributed by atoms with Crippen molar-refractivity contribution in [3.05, 3.63) is 35.9 Å². The molecule has 2 N–H and O–H groups in total. The molecule has 18 heavy (non-hydrogen) atoms. The number of hydrogen-bond acceptors (Lipinski definition) is 1. The van der Waals surface area contributed by atoms with Crippen molar-refractivity contribution in [1.29, 1.82) is 0 Å². The van der Waals surface area contributed by atoms with Crippen LogP contribution < -0.4 is 5.73 Å². The number of halogens is 2. The van der Waals surface area contributed by atoms with E-state index >= 15 is 0 Å². The van der Waals surface area contributed by atoms with Crippen LogP contribution in [-0.2, 0) is 0 Å². The summed E-state index contributed by atoms with van der Waals surface area (Å²) in [6, 6.07) is 10.0.